The summed E-state index contributed by atoms with van der Waals surface area (Å²) in [7, 11) is 0. The van der Waals surface area contributed by atoms with Crippen molar-refractivity contribution in [2.24, 2.45) is 0 Å². The van der Waals surface area contributed by atoms with Crippen LogP contribution in [0.4, 0.5) is 0 Å². The molecule has 1 aliphatic carbocycles. The summed E-state index contributed by atoms with van der Waals surface area (Å²) in [5.74, 6) is 5.53. The zero-order valence-corrected chi connectivity index (χ0v) is 76.5. The van der Waals surface area contributed by atoms with Crippen molar-refractivity contribution in [3.63, 3.8) is 0 Å². The lowest BCUT2D eigenvalue weighted by atomic mass is 9.82. The Hall–Kier alpha value is -19.0. The van der Waals surface area contributed by atoms with Gasteiger partial charge in [0.2, 0.25) is 17.8 Å². The third-order valence-electron chi connectivity index (χ3n) is 27.8. The molecule has 1 aliphatic rings. The lowest BCUT2D eigenvalue weighted by molar-refractivity contribution is 0.660. The highest BCUT2D eigenvalue weighted by Crippen LogP contribution is 2.51. The van der Waals surface area contributed by atoms with E-state index in [-0.39, 0.29) is 5.41 Å². The minimum Gasteiger partial charge on any atom is -0.455 e. The van der Waals surface area contributed by atoms with E-state index in [2.05, 4.69) is 382 Å². The Morgan fingerprint density at radius 1 is 0.191 bits per heavy atom. The highest BCUT2D eigenvalue weighted by Gasteiger charge is 2.36. The van der Waals surface area contributed by atoms with E-state index in [4.69, 9.17) is 49.3 Å². The number of rotatable bonds is 12. The largest absolute Gasteiger partial charge is 0.455 e. The number of aromatic nitrogens is 14. The molecule has 28 aromatic rings. The van der Waals surface area contributed by atoms with Crippen molar-refractivity contribution in [2.75, 3.05) is 0 Å². The molecule has 0 N–H and O–H groups in total. The van der Waals surface area contributed by atoms with Gasteiger partial charge in [0.25, 0.3) is 0 Å². The van der Waals surface area contributed by atoms with E-state index in [9.17, 15) is 0 Å². The van der Waals surface area contributed by atoms with E-state index in [1.54, 1.807) is 0 Å². The Labute approximate surface area is 808 Å². The summed E-state index contributed by atoms with van der Waals surface area (Å²) in [6.07, 6.45) is 0. The van der Waals surface area contributed by atoms with Crippen molar-refractivity contribution in [3.05, 3.63) is 472 Å². The van der Waals surface area contributed by atoms with Crippen LogP contribution in [0.3, 0.4) is 0 Å². The molecule has 141 heavy (non-hydrogen) atoms. The van der Waals surface area contributed by atoms with Crippen LogP contribution in [0.2, 0.25) is 0 Å². The summed E-state index contributed by atoms with van der Waals surface area (Å²) in [6.45, 7) is 4.60. The molecule has 0 radical (unpaired) electrons. The number of furan rings is 1. The van der Waals surface area contributed by atoms with Gasteiger partial charge >= 0.3 is 0 Å². The van der Waals surface area contributed by atoms with Gasteiger partial charge in [0.15, 0.2) is 34.9 Å². The van der Waals surface area contributed by atoms with Crippen LogP contribution in [-0.4, -0.2) is 67.7 Å². The van der Waals surface area contributed by atoms with Crippen LogP contribution >= 0.6 is 0 Å². The minimum atomic E-state index is -0.134. The molecule has 19 aromatic carbocycles. The van der Waals surface area contributed by atoms with Crippen LogP contribution in [0.25, 0.3) is 251 Å². The van der Waals surface area contributed by atoms with Gasteiger partial charge in [-0.1, -0.05) is 384 Å². The fraction of sp³-hybridized carbons (Fsp3) is 0.0238. The van der Waals surface area contributed by atoms with E-state index in [0.29, 0.717) is 52.8 Å². The fourth-order valence-electron chi connectivity index (χ4n) is 21.4. The summed E-state index contributed by atoms with van der Waals surface area (Å²) >= 11 is 0. The minimum absolute atomic E-state index is 0.134. The quantitative estimate of drug-likeness (QED) is 0.115. The Morgan fingerprint density at radius 2 is 0.489 bits per heavy atom. The monoisotopic (exact) mass is 1810 g/mol. The molecule has 9 heterocycles. The summed E-state index contributed by atoms with van der Waals surface area (Å²) in [5.41, 5.74) is 27.8. The maximum atomic E-state index is 6.53. The Balaban J connectivity index is 0.000000106. The standard InChI is InChI=1S/C45H29N5.C42H28N4O.C39H25N5/c1-4-14-30(15-5-1)31-24-26-33(27-25-31)44-46-43(32-16-6-2-7-17-32)47-45(48-44)50-38-22-12-10-20-35(38)36-28-29-40-41(42(36)50)37-21-11-13-23-39(37)49(40)34-18-8-3-9-19-34;1-42(2)32-17-9-6-14-27(32)28-21-20-26(24-33(28)42)40-43-39(25-12-4-3-5-13-25)44-41(45-40)46-34-18-10-7-16-31(34)37-35(46)23-22-30-29-15-8-11-19-36(29)47-38(30)37;1-4-14-26(15-5-1)37-40-38(27-16-6-2-7-17-27)42-39(41-37)44-32-22-12-10-20-29(32)30-24-25-34-35(36(30)44)31-21-11-13-23-33(31)43(34)28-18-8-3-9-19-28/h1-29H;3-24H,1-2H3;1-25H. The molecule has 15 heteroatoms. The normalized spacial score (nSPS) is 12.2. The molecule has 9 aromatic heterocycles. The second kappa shape index (κ2) is 33.2. The third-order valence-corrected chi connectivity index (χ3v) is 27.8. The molecular formula is C126H82N14O. The smallest absolute Gasteiger partial charge is 0.238 e. The Bertz CT molecular complexity index is 9760. The molecule has 0 atom stereocenters. The molecule has 0 spiro atoms. The number of hydrogen-bond acceptors (Lipinski definition) is 10. The highest BCUT2D eigenvalue weighted by atomic mass is 16.3. The first-order valence-corrected chi connectivity index (χ1v) is 47.5. The van der Waals surface area contributed by atoms with Crippen molar-refractivity contribution < 1.29 is 4.42 Å². The molecule has 0 amide bonds. The fourth-order valence-corrected chi connectivity index (χ4v) is 21.4. The van der Waals surface area contributed by atoms with Gasteiger partial charge in [-0.15, -0.1) is 0 Å². The van der Waals surface area contributed by atoms with Gasteiger partial charge in [0.05, 0.1) is 60.6 Å². The average molecular weight is 1810 g/mol. The maximum absolute atomic E-state index is 6.53. The van der Waals surface area contributed by atoms with Gasteiger partial charge in [-0.25, -0.2) is 15.0 Å². The Morgan fingerprint density at radius 3 is 0.936 bits per heavy atom. The zero-order chi connectivity index (χ0) is 93.3. The number of benzene rings is 19. The van der Waals surface area contributed by atoms with E-state index in [0.717, 1.165) is 165 Å². The number of nitrogens with zero attached hydrogens (tertiary/aromatic N) is 14. The van der Waals surface area contributed by atoms with Crippen LogP contribution in [0, 0.1) is 0 Å². The molecule has 15 nitrogen and oxygen atoms in total. The Kier molecular flexibility index (Phi) is 19.2. The van der Waals surface area contributed by atoms with Crippen molar-refractivity contribution in [2.45, 2.75) is 19.3 Å². The second-order valence-electron chi connectivity index (χ2n) is 36.3. The van der Waals surface area contributed by atoms with Crippen LogP contribution in [-0.2, 0) is 5.41 Å². The van der Waals surface area contributed by atoms with Gasteiger partial charge in [0.1, 0.15) is 11.2 Å². The third kappa shape index (κ3) is 13.5. The average Bonchev–Trinajstić information content (AvgIpc) is 1.55. The van der Waals surface area contributed by atoms with Crippen molar-refractivity contribution in [1.29, 1.82) is 0 Å². The molecule has 29 rings (SSSR count). The van der Waals surface area contributed by atoms with Gasteiger partial charge < -0.3 is 13.6 Å². The topological polar surface area (TPSA) is 154 Å². The van der Waals surface area contributed by atoms with Crippen molar-refractivity contribution >= 4 is 131 Å². The highest BCUT2D eigenvalue weighted by molar-refractivity contribution is 6.28. The number of hydrogen-bond donors (Lipinski definition) is 0. The maximum Gasteiger partial charge on any atom is 0.238 e. The number of para-hydroxylation sites is 8. The molecule has 662 valence electrons. The van der Waals surface area contributed by atoms with E-state index < -0.39 is 0 Å². The molecule has 0 aliphatic heterocycles. The van der Waals surface area contributed by atoms with Gasteiger partial charge in [0, 0.05) is 109 Å². The number of fused-ring (bicyclic) bond motifs is 24. The summed E-state index contributed by atoms with van der Waals surface area (Å²) in [4.78, 5) is 46.3. The van der Waals surface area contributed by atoms with Crippen LogP contribution in [0.1, 0.15) is 25.0 Å². The second-order valence-corrected chi connectivity index (χ2v) is 36.3. The predicted octanol–water partition coefficient (Wildman–Crippen LogP) is 31.0. The first-order chi connectivity index (χ1) is 69.7. The van der Waals surface area contributed by atoms with Crippen LogP contribution in [0.15, 0.2) is 465 Å². The summed E-state index contributed by atoms with van der Waals surface area (Å²) < 4.78 is 17.9. The lowest BCUT2D eigenvalue weighted by Crippen LogP contribution is -2.15. The summed E-state index contributed by atoms with van der Waals surface area (Å²) in [6, 6.07) is 160. The van der Waals surface area contributed by atoms with E-state index >= 15 is 0 Å². The lowest BCUT2D eigenvalue weighted by Gasteiger charge is -2.21. The molecule has 0 bridgehead atoms. The SMILES string of the molecule is CC1(C)c2ccccc2-c2ccc(-c3nc(-c4ccccc4)nc(-n4c5ccccc5c5c6oc7ccccc7c6ccc54)n3)cc21.c1ccc(-c2ccc(-c3nc(-c4ccccc4)nc(-n4c5ccccc5c5ccc6c(c7ccccc7n6-c6ccccc6)c54)n3)cc2)cc1.c1ccc(-c2nc(-c3ccccc3)nc(-n3c4ccccc4c4ccc5c(c6ccccc6n5-c5ccccc5)c43)n2)cc1. The molecular weight excluding hydrogens is 1730 g/mol. The molecule has 0 unspecified atom stereocenters. The van der Waals surface area contributed by atoms with Crippen molar-refractivity contribution in [1.82, 2.24) is 67.7 Å². The first kappa shape index (κ1) is 81.6. The van der Waals surface area contributed by atoms with Gasteiger partial charge in [-0.05, 0) is 124 Å². The van der Waals surface area contributed by atoms with E-state index in [1.807, 2.05) is 115 Å². The van der Waals surface area contributed by atoms with E-state index in [1.165, 1.54) is 44.0 Å². The van der Waals surface area contributed by atoms with Gasteiger partial charge in [-0.2, -0.15) is 29.9 Å². The predicted molar refractivity (Wildman–Crippen MR) is 574 cm³/mol. The molecule has 0 saturated carbocycles. The summed E-state index contributed by atoms with van der Waals surface area (Å²) in [5, 5.41) is 13.6. The van der Waals surface area contributed by atoms with Crippen LogP contribution < -0.4 is 0 Å². The molecule has 0 fully saturated rings. The van der Waals surface area contributed by atoms with Crippen molar-refractivity contribution in [3.8, 4) is 120 Å². The first-order valence-electron chi connectivity index (χ1n) is 47.5. The molecule has 0 saturated heterocycles. The van der Waals surface area contributed by atoms with Crippen LogP contribution in [0.5, 0.6) is 0 Å². The van der Waals surface area contributed by atoms with Gasteiger partial charge in [-0.3, -0.25) is 13.7 Å². The zero-order valence-electron chi connectivity index (χ0n) is 76.5.